The first-order valence-corrected chi connectivity index (χ1v) is 9.29. The molecule has 0 saturated carbocycles. The van der Waals surface area contributed by atoms with Crippen LogP contribution in [0, 0.1) is 0 Å². The van der Waals surface area contributed by atoms with Crippen molar-refractivity contribution in [2.45, 2.75) is 13.0 Å². The number of benzene rings is 2. The van der Waals surface area contributed by atoms with Gasteiger partial charge in [0.2, 0.25) is 6.79 Å². The molecule has 134 valence electrons. The normalized spacial score (nSPS) is 15.0. The van der Waals surface area contributed by atoms with Gasteiger partial charge in [0.25, 0.3) is 5.91 Å². The van der Waals surface area contributed by atoms with Gasteiger partial charge in [-0.2, -0.15) is 0 Å². The molecular formula is C19H20N3O3S+. The molecule has 4 rings (SSSR count). The first kappa shape index (κ1) is 16.8. The first-order valence-electron chi connectivity index (χ1n) is 8.47. The third kappa shape index (κ3) is 3.36. The summed E-state index contributed by atoms with van der Waals surface area (Å²) >= 11 is 1.68. The lowest BCUT2D eigenvalue weighted by atomic mass is 10.2. The van der Waals surface area contributed by atoms with Crippen LogP contribution in [0.1, 0.15) is 18.0 Å². The number of para-hydroxylation sites is 1. The van der Waals surface area contributed by atoms with Crippen molar-refractivity contribution in [3.63, 3.8) is 0 Å². The number of nitrogens with one attached hydrogen (secondary N) is 2. The number of likely N-dealkylation sites (N-methyl/N-ethyl adjacent to an activating group) is 1. The summed E-state index contributed by atoms with van der Waals surface area (Å²) in [6.07, 6.45) is 0. The number of rotatable bonds is 5. The van der Waals surface area contributed by atoms with Gasteiger partial charge in [-0.25, -0.2) is 4.98 Å². The Labute approximate surface area is 155 Å². The van der Waals surface area contributed by atoms with Gasteiger partial charge in [-0.1, -0.05) is 12.1 Å². The Bertz CT molecular complexity index is 923. The van der Waals surface area contributed by atoms with E-state index in [1.54, 1.807) is 23.5 Å². The molecule has 6 nitrogen and oxygen atoms in total. The number of hydrogen-bond acceptors (Lipinski definition) is 5. The van der Waals surface area contributed by atoms with Crippen molar-refractivity contribution >= 4 is 33.1 Å². The standard InChI is InChI=1S/C19H19N3O3S/c1-12(19-21-14-5-3-4-6-17(14)26-19)22(2)10-18(23)20-13-7-8-15-16(9-13)25-11-24-15/h3-9,12H,10-11H2,1-2H3,(H,20,23)/p+1/t12-/m1/s1. The smallest absolute Gasteiger partial charge is 0.279 e. The molecule has 2 aromatic carbocycles. The summed E-state index contributed by atoms with van der Waals surface area (Å²) < 4.78 is 11.8. The summed E-state index contributed by atoms with van der Waals surface area (Å²) in [5.74, 6) is 1.32. The monoisotopic (exact) mass is 370 g/mol. The zero-order chi connectivity index (χ0) is 18.1. The lowest BCUT2D eigenvalue weighted by Gasteiger charge is -2.19. The van der Waals surface area contributed by atoms with Crippen LogP contribution in [0.5, 0.6) is 11.5 Å². The molecule has 26 heavy (non-hydrogen) atoms. The second kappa shape index (κ2) is 6.93. The quantitative estimate of drug-likeness (QED) is 0.723. The number of carbonyl (C=O) groups is 1. The zero-order valence-corrected chi connectivity index (χ0v) is 15.4. The van der Waals surface area contributed by atoms with E-state index in [-0.39, 0.29) is 18.7 Å². The molecule has 0 fully saturated rings. The zero-order valence-electron chi connectivity index (χ0n) is 14.6. The van der Waals surface area contributed by atoms with Crippen molar-refractivity contribution in [3.8, 4) is 11.5 Å². The fourth-order valence-corrected chi connectivity index (χ4v) is 3.98. The Morgan fingerprint density at radius 1 is 1.27 bits per heavy atom. The van der Waals surface area contributed by atoms with Crippen molar-refractivity contribution in [2.75, 3.05) is 25.7 Å². The van der Waals surface area contributed by atoms with Gasteiger partial charge in [-0.05, 0) is 31.2 Å². The molecular weight excluding hydrogens is 350 g/mol. The lowest BCUT2D eigenvalue weighted by molar-refractivity contribution is -0.902. The molecule has 0 bridgehead atoms. The van der Waals surface area contributed by atoms with Gasteiger partial charge in [0.05, 0.1) is 17.3 Å². The van der Waals surface area contributed by atoms with Crippen LogP contribution in [0.4, 0.5) is 5.69 Å². The Morgan fingerprint density at radius 2 is 2.08 bits per heavy atom. The van der Waals surface area contributed by atoms with Crippen molar-refractivity contribution in [1.29, 1.82) is 0 Å². The van der Waals surface area contributed by atoms with Crippen LogP contribution in [0.25, 0.3) is 10.2 Å². The highest BCUT2D eigenvalue weighted by Gasteiger charge is 2.22. The van der Waals surface area contributed by atoms with E-state index in [2.05, 4.69) is 18.3 Å². The number of fused-ring (bicyclic) bond motifs is 2. The number of thiazole rings is 1. The van der Waals surface area contributed by atoms with Crippen LogP contribution in [0.2, 0.25) is 0 Å². The maximum atomic E-state index is 12.4. The largest absolute Gasteiger partial charge is 0.454 e. The molecule has 0 spiro atoms. The second-order valence-electron chi connectivity index (χ2n) is 6.38. The van der Waals surface area contributed by atoms with Crippen LogP contribution < -0.4 is 19.7 Å². The maximum absolute atomic E-state index is 12.4. The molecule has 1 aliphatic heterocycles. The van der Waals surface area contributed by atoms with E-state index >= 15 is 0 Å². The van der Waals surface area contributed by atoms with E-state index in [1.807, 2.05) is 31.3 Å². The molecule has 0 saturated heterocycles. The number of nitrogens with zero attached hydrogens (tertiary/aromatic N) is 1. The van der Waals surface area contributed by atoms with Crippen molar-refractivity contribution in [3.05, 3.63) is 47.5 Å². The predicted molar refractivity (Wildman–Crippen MR) is 101 cm³/mol. The minimum atomic E-state index is -0.0469. The topological polar surface area (TPSA) is 64.9 Å². The van der Waals surface area contributed by atoms with E-state index < -0.39 is 0 Å². The number of quaternary nitrogens is 1. The minimum Gasteiger partial charge on any atom is -0.454 e. The number of hydrogen-bond donors (Lipinski definition) is 2. The van der Waals surface area contributed by atoms with Crippen molar-refractivity contribution in [2.24, 2.45) is 0 Å². The number of carbonyl (C=O) groups excluding carboxylic acids is 1. The SMILES string of the molecule is C[C@H](c1nc2ccccc2s1)[NH+](C)CC(=O)Nc1ccc2c(c1)OCO2. The molecule has 2 atom stereocenters. The van der Waals surface area contributed by atoms with Crippen LogP contribution in [-0.2, 0) is 4.79 Å². The molecule has 0 radical (unpaired) electrons. The summed E-state index contributed by atoms with van der Waals surface area (Å²) in [4.78, 5) is 18.2. The van der Waals surface area contributed by atoms with E-state index in [4.69, 9.17) is 14.5 Å². The summed E-state index contributed by atoms with van der Waals surface area (Å²) in [6, 6.07) is 13.6. The van der Waals surface area contributed by atoms with Gasteiger partial charge in [0.15, 0.2) is 23.1 Å². The highest BCUT2D eigenvalue weighted by atomic mass is 32.1. The van der Waals surface area contributed by atoms with Crippen LogP contribution in [0.3, 0.4) is 0 Å². The third-order valence-electron chi connectivity index (χ3n) is 4.52. The highest BCUT2D eigenvalue weighted by Crippen LogP contribution is 2.34. The van der Waals surface area contributed by atoms with Crippen molar-refractivity contribution in [1.82, 2.24) is 4.98 Å². The van der Waals surface area contributed by atoms with Gasteiger partial charge in [-0.3, -0.25) is 4.79 Å². The molecule has 2 N–H and O–H groups in total. The molecule has 1 aliphatic rings. The van der Waals surface area contributed by atoms with Gasteiger partial charge < -0.3 is 19.7 Å². The second-order valence-corrected chi connectivity index (χ2v) is 7.44. The lowest BCUT2D eigenvalue weighted by Crippen LogP contribution is -3.10. The Kier molecular flexibility index (Phi) is 4.48. The first-order chi connectivity index (χ1) is 12.6. The number of amides is 1. The Balaban J connectivity index is 1.40. The molecule has 1 aromatic heterocycles. The third-order valence-corrected chi connectivity index (χ3v) is 5.73. The highest BCUT2D eigenvalue weighted by molar-refractivity contribution is 7.18. The summed E-state index contributed by atoms with van der Waals surface area (Å²) in [5.41, 5.74) is 1.72. The van der Waals surface area contributed by atoms with Gasteiger partial charge in [-0.15, -0.1) is 11.3 Å². The van der Waals surface area contributed by atoms with Crippen LogP contribution >= 0.6 is 11.3 Å². The van der Waals surface area contributed by atoms with E-state index in [0.29, 0.717) is 23.7 Å². The summed E-state index contributed by atoms with van der Waals surface area (Å²) in [5, 5.41) is 3.96. The number of ether oxygens (including phenoxy) is 2. The van der Waals surface area contributed by atoms with Gasteiger partial charge >= 0.3 is 0 Å². The van der Waals surface area contributed by atoms with Crippen molar-refractivity contribution < 1.29 is 19.2 Å². The number of anilines is 1. The van der Waals surface area contributed by atoms with Crippen LogP contribution in [0.15, 0.2) is 42.5 Å². The van der Waals surface area contributed by atoms with Crippen LogP contribution in [-0.4, -0.2) is 31.3 Å². The molecule has 7 heteroatoms. The minimum absolute atomic E-state index is 0.0469. The number of aromatic nitrogens is 1. The summed E-state index contributed by atoms with van der Waals surface area (Å²) in [7, 11) is 2.01. The van der Waals surface area contributed by atoms with E-state index in [1.165, 1.54) is 4.70 Å². The predicted octanol–water partition coefficient (Wildman–Crippen LogP) is 2.24. The Hall–Kier alpha value is -2.64. The van der Waals surface area contributed by atoms with Gasteiger partial charge in [0.1, 0.15) is 6.04 Å². The van der Waals surface area contributed by atoms with E-state index in [0.717, 1.165) is 15.4 Å². The van der Waals surface area contributed by atoms with Gasteiger partial charge in [0, 0.05) is 11.8 Å². The molecule has 1 amide bonds. The Morgan fingerprint density at radius 3 is 2.92 bits per heavy atom. The summed E-state index contributed by atoms with van der Waals surface area (Å²) in [6.45, 7) is 2.67. The molecule has 2 heterocycles. The van der Waals surface area contributed by atoms with E-state index in [9.17, 15) is 4.79 Å². The fraction of sp³-hybridized carbons (Fsp3) is 0.263. The fourth-order valence-electron chi connectivity index (χ4n) is 2.87. The average Bonchev–Trinajstić information content (AvgIpc) is 3.26. The maximum Gasteiger partial charge on any atom is 0.279 e. The molecule has 1 unspecified atom stereocenters. The molecule has 0 aliphatic carbocycles. The average molecular weight is 370 g/mol. The molecule has 3 aromatic rings.